The van der Waals surface area contributed by atoms with Crippen molar-refractivity contribution in [1.29, 1.82) is 0 Å². The molecule has 0 aromatic rings. The minimum atomic E-state index is -0.655. The van der Waals surface area contributed by atoms with Crippen LogP contribution in [0.15, 0.2) is 0 Å². The Morgan fingerprint density at radius 2 is 2.23 bits per heavy atom. The van der Waals surface area contributed by atoms with E-state index in [0.29, 0.717) is 24.4 Å². The Balaban J connectivity index is 1.97. The highest BCUT2D eigenvalue weighted by molar-refractivity contribution is 5.67. The molecular formula is C10H16O3. The van der Waals surface area contributed by atoms with Gasteiger partial charge in [-0.2, -0.15) is 0 Å². The molecule has 1 saturated carbocycles. The van der Waals surface area contributed by atoms with Gasteiger partial charge in [0.25, 0.3) is 0 Å². The van der Waals surface area contributed by atoms with Gasteiger partial charge in [-0.05, 0) is 31.1 Å². The topological polar surface area (TPSA) is 46.5 Å². The van der Waals surface area contributed by atoms with E-state index in [1.807, 2.05) is 0 Å². The van der Waals surface area contributed by atoms with Gasteiger partial charge in [0.05, 0.1) is 6.10 Å². The third-order valence-corrected chi connectivity index (χ3v) is 3.37. The van der Waals surface area contributed by atoms with Crippen molar-refractivity contribution in [1.82, 2.24) is 0 Å². The molecule has 2 aliphatic rings. The lowest BCUT2D eigenvalue weighted by Gasteiger charge is -2.31. The molecule has 0 aromatic heterocycles. The molecule has 0 unspecified atom stereocenters. The number of fused-ring (bicyclic) bond motifs is 1. The van der Waals surface area contributed by atoms with Crippen molar-refractivity contribution in [3.05, 3.63) is 0 Å². The zero-order valence-electron chi connectivity index (χ0n) is 7.74. The molecule has 0 aromatic carbocycles. The van der Waals surface area contributed by atoms with E-state index < -0.39 is 5.97 Å². The van der Waals surface area contributed by atoms with Crippen LogP contribution in [0.1, 0.15) is 32.1 Å². The van der Waals surface area contributed by atoms with Gasteiger partial charge >= 0.3 is 5.97 Å². The quantitative estimate of drug-likeness (QED) is 0.710. The molecule has 74 valence electrons. The average molecular weight is 184 g/mol. The molecule has 13 heavy (non-hydrogen) atoms. The third-order valence-electron chi connectivity index (χ3n) is 3.37. The lowest BCUT2D eigenvalue weighted by Crippen LogP contribution is -2.30. The summed E-state index contributed by atoms with van der Waals surface area (Å²) in [4.78, 5) is 10.6. The van der Waals surface area contributed by atoms with E-state index in [4.69, 9.17) is 9.84 Å². The van der Waals surface area contributed by atoms with Crippen molar-refractivity contribution in [2.45, 2.75) is 38.2 Å². The molecule has 0 spiro atoms. The first-order chi connectivity index (χ1) is 6.27. The van der Waals surface area contributed by atoms with E-state index in [9.17, 15) is 4.79 Å². The molecule has 3 atom stereocenters. The fourth-order valence-electron chi connectivity index (χ4n) is 2.77. The van der Waals surface area contributed by atoms with Gasteiger partial charge in [0.2, 0.25) is 0 Å². The Bertz CT molecular complexity index is 202. The van der Waals surface area contributed by atoms with Gasteiger partial charge in [0.1, 0.15) is 0 Å². The number of carboxylic acid groups (broad SMARTS) is 1. The van der Waals surface area contributed by atoms with E-state index in [-0.39, 0.29) is 0 Å². The molecule has 1 aliphatic heterocycles. The molecule has 1 N–H and O–H groups in total. The summed E-state index contributed by atoms with van der Waals surface area (Å²) in [7, 11) is 0. The highest BCUT2D eigenvalue weighted by Crippen LogP contribution is 2.39. The maximum atomic E-state index is 10.6. The molecule has 1 heterocycles. The second-order valence-corrected chi connectivity index (χ2v) is 4.15. The molecule has 3 nitrogen and oxygen atoms in total. The third kappa shape index (κ3) is 1.85. The predicted molar refractivity (Wildman–Crippen MR) is 47.4 cm³/mol. The molecule has 0 bridgehead atoms. The summed E-state index contributed by atoms with van der Waals surface area (Å²) in [6.45, 7) is 0.839. The van der Waals surface area contributed by atoms with Crippen molar-refractivity contribution in [3.63, 3.8) is 0 Å². The molecule has 3 heteroatoms. The second kappa shape index (κ2) is 3.66. The van der Waals surface area contributed by atoms with Gasteiger partial charge in [0.15, 0.2) is 0 Å². The first kappa shape index (κ1) is 9.00. The molecule has 0 amide bonds. The summed E-state index contributed by atoms with van der Waals surface area (Å²) >= 11 is 0. The van der Waals surface area contributed by atoms with E-state index in [0.717, 1.165) is 32.3 Å². The number of hydrogen-bond acceptors (Lipinski definition) is 2. The second-order valence-electron chi connectivity index (χ2n) is 4.15. The first-order valence-corrected chi connectivity index (χ1v) is 5.11. The summed E-state index contributed by atoms with van der Waals surface area (Å²) in [5.74, 6) is 0.251. The first-order valence-electron chi connectivity index (χ1n) is 5.11. The van der Waals surface area contributed by atoms with Gasteiger partial charge in [-0.1, -0.05) is 6.42 Å². The van der Waals surface area contributed by atoms with Crippen molar-refractivity contribution >= 4 is 5.97 Å². The van der Waals surface area contributed by atoms with Crippen LogP contribution in [0.4, 0.5) is 0 Å². The molecule has 0 radical (unpaired) electrons. The highest BCUT2D eigenvalue weighted by Gasteiger charge is 2.38. The zero-order chi connectivity index (χ0) is 9.26. The maximum Gasteiger partial charge on any atom is 0.303 e. The van der Waals surface area contributed by atoms with Crippen LogP contribution < -0.4 is 0 Å². The van der Waals surface area contributed by atoms with Crippen molar-refractivity contribution in [2.24, 2.45) is 11.8 Å². The summed E-state index contributed by atoms with van der Waals surface area (Å²) in [5.41, 5.74) is 0. The number of rotatable bonds is 2. The van der Waals surface area contributed by atoms with E-state index in [1.165, 1.54) is 0 Å². The Hall–Kier alpha value is -0.570. The Labute approximate surface area is 78.1 Å². The van der Waals surface area contributed by atoms with E-state index in [1.54, 1.807) is 0 Å². The molecule has 2 rings (SSSR count). The summed E-state index contributed by atoms with van der Waals surface area (Å²) in [5, 5.41) is 8.74. The number of hydrogen-bond donors (Lipinski definition) is 1. The standard InChI is InChI=1S/C10H16O3/c11-10(12)6-7-2-1-3-9-8(7)4-5-13-9/h7-9H,1-6H2,(H,11,12)/t7-,8+,9-/m0/s1. The van der Waals surface area contributed by atoms with Crippen LogP contribution in [-0.4, -0.2) is 23.8 Å². The van der Waals surface area contributed by atoms with Crippen LogP contribution in [0.25, 0.3) is 0 Å². The molecule has 1 aliphatic carbocycles. The summed E-state index contributed by atoms with van der Waals surface area (Å²) in [6.07, 6.45) is 5.14. The molecular weight excluding hydrogens is 168 g/mol. The van der Waals surface area contributed by atoms with Crippen LogP contribution >= 0.6 is 0 Å². The number of aliphatic carboxylic acids is 1. The SMILES string of the molecule is O=C(O)C[C@@H]1CCC[C@@H]2OCC[C@H]12. The molecule has 2 fully saturated rings. The number of carbonyl (C=O) groups is 1. The van der Waals surface area contributed by atoms with Crippen LogP contribution in [0.3, 0.4) is 0 Å². The van der Waals surface area contributed by atoms with Crippen LogP contribution in [0, 0.1) is 11.8 Å². The zero-order valence-corrected chi connectivity index (χ0v) is 7.74. The van der Waals surface area contributed by atoms with Crippen LogP contribution in [0.5, 0.6) is 0 Å². The number of ether oxygens (including phenoxy) is 1. The van der Waals surface area contributed by atoms with E-state index >= 15 is 0 Å². The Kier molecular flexibility index (Phi) is 2.54. The Morgan fingerprint density at radius 3 is 3.00 bits per heavy atom. The predicted octanol–water partition coefficient (Wildman–Crippen LogP) is 1.67. The molecule has 1 saturated heterocycles. The average Bonchev–Trinajstić information content (AvgIpc) is 2.51. The van der Waals surface area contributed by atoms with Gasteiger partial charge < -0.3 is 9.84 Å². The monoisotopic (exact) mass is 184 g/mol. The smallest absolute Gasteiger partial charge is 0.303 e. The van der Waals surface area contributed by atoms with Crippen molar-refractivity contribution < 1.29 is 14.6 Å². The summed E-state index contributed by atoms with van der Waals surface area (Å²) in [6, 6.07) is 0. The minimum Gasteiger partial charge on any atom is -0.481 e. The minimum absolute atomic E-state index is 0.338. The van der Waals surface area contributed by atoms with Gasteiger partial charge in [-0.15, -0.1) is 0 Å². The van der Waals surface area contributed by atoms with Gasteiger partial charge in [-0.25, -0.2) is 0 Å². The lowest BCUT2D eigenvalue weighted by atomic mass is 9.75. The Morgan fingerprint density at radius 1 is 1.38 bits per heavy atom. The highest BCUT2D eigenvalue weighted by atomic mass is 16.5. The fraction of sp³-hybridized carbons (Fsp3) is 0.900. The normalized spacial score (nSPS) is 38.6. The summed E-state index contributed by atoms with van der Waals surface area (Å²) < 4.78 is 5.58. The lowest BCUT2D eigenvalue weighted by molar-refractivity contribution is -0.139. The largest absolute Gasteiger partial charge is 0.481 e. The van der Waals surface area contributed by atoms with Crippen LogP contribution in [0.2, 0.25) is 0 Å². The van der Waals surface area contributed by atoms with E-state index in [2.05, 4.69) is 0 Å². The van der Waals surface area contributed by atoms with Crippen molar-refractivity contribution in [3.8, 4) is 0 Å². The van der Waals surface area contributed by atoms with Gasteiger partial charge in [0, 0.05) is 13.0 Å². The number of carboxylic acids is 1. The van der Waals surface area contributed by atoms with Crippen molar-refractivity contribution in [2.75, 3.05) is 6.61 Å². The fourth-order valence-corrected chi connectivity index (χ4v) is 2.77. The van der Waals surface area contributed by atoms with Gasteiger partial charge in [-0.3, -0.25) is 4.79 Å². The van der Waals surface area contributed by atoms with Crippen LogP contribution in [-0.2, 0) is 9.53 Å². The maximum absolute atomic E-state index is 10.6.